The number of carbonyl (C=O) groups is 2. The minimum Gasteiger partial charge on any atom is -0.352 e. The van der Waals surface area contributed by atoms with Crippen molar-refractivity contribution >= 4 is 27.5 Å². The lowest BCUT2D eigenvalue weighted by atomic mass is 9.87. The zero-order valence-electron chi connectivity index (χ0n) is 24.4. The van der Waals surface area contributed by atoms with Gasteiger partial charge in [0.15, 0.2) is 0 Å². The number of nitrogens with one attached hydrogen (secondary N) is 1. The first-order valence-corrected chi connectivity index (χ1v) is 15.9. The predicted octanol–water partition coefficient (Wildman–Crippen LogP) is 5.31. The van der Waals surface area contributed by atoms with Crippen molar-refractivity contribution < 1.29 is 18.0 Å². The minimum absolute atomic E-state index is 0.0886. The third-order valence-corrected chi connectivity index (χ3v) is 8.78. The van der Waals surface area contributed by atoms with Gasteiger partial charge in [0.05, 0.1) is 11.9 Å². The smallest absolute Gasteiger partial charge is 0.244 e. The van der Waals surface area contributed by atoms with Gasteiger partial charge >= 0.3 is 0 Å². The molecule has 1 saturated carbocycles. The fourth-order valence-electron chi connectivity index (χ4n) is 5.18. The molecule has 1 aliphatic rings. The molecule has 3 rings (SSSR count). The van der Waals surface area contributed by atoms with Gasteiger partial charge in [-0.25, -0.2) is 8.42 Å². The Balaban J connectivity index is 1.93. The maximum Gasteiger partial charge on any atom is 0.244 e. The summed E-state index contributed by atoms with van der Waals surface area (Å²) in [5.41, 5.74) is 3.34. The lowest BCUT2D eigenvalue weighted by Crippen LogP contribution is -2.54. The Hall–Kier alpha value is -2.87. The van der Waals surface area contributed by atoms with Crippen molar-refractivity contribution in [2.24, 2.45) is 0 Å². The highest BCUT2D eigenvalue weighted by Crippen LogP contribution is 2.27. The summed E-state index contributed by atoms with van der Waals surface area (Å²) in [5, 5.41) is 3.18. The maximum absolute atomic E-state index is 14.0. The molecule has 0 radical (unpaired) electrons. The molecule has 0 spiro atoms. The molecular weight excluding hydrogens is 510 g/mol. The van der Waals surface area contributed by atoms with E-state index in [0.717, 1.165) is 52.9 Å². The quantitative estimate of drug-likeness (QED) is 0.430. The van der Waals surface area contributed by atoms with Crippen molar-refractivity contribution in [1.29, 1.82) is 0 Å². The summed E-state index contributed by atoms with van der Waals surface area (Å²) in [4.78, 5) is 29.0. The Morgan fingerprint density at radius 3 is 2.15 bits per heavy atom. The fourth-order valence-corrected chi connectivity index (χ4v) is 6.03. The Kier molecular flexibility index (Phi) is 10.2. The van der Waals surface area contributed by atoms with Crippen LogP contribution in [0.5, 0.6) is 0 Å². The van der Waals surface area contributed by atoms with Crippen LogP contribution in [0.4, 0.5) is 5.69 Å². The summed E-state index contributed by atoms with van der Waals surface area (Å²) in [5.74, 6) is -0.582. The number of benzene rings is 2. The lowest BCUT2D eigenvalue weighted by Gasteiger charge is -2.34. The highest BCUT2D eigenvalue weighted by Gasteiger charge is 2.33. The normalized spacial score (nSPS) is 15.4. The lowest BCUT2D eigenvalue weighted by molar-refractivity contribution is -0.140. The van der Waals surface area contributed by atoms with E-state index in [1.165, 1.54) is 6.42 Å². The SMILES string of the molecule is CCC(C(=O)NC1CCCCC1)N(Cc1ccccc1C)C(=O)CN(c1ccc(C(C)(C)C)cc1)S(C)(=O)=O. The molecule has 2 aromatic carbocycles. The molecule has 7 nitrogen and oxygen atoms in total. The van der Waals surface area contributed by atoms with E-state index in [9.17, 15) is 18.0 Å². The zero-order chi connectivity index (χ0) is 28.8. The number of rotatable bonds is 10. The molecule has 1 N–H and O–H groups in total. The maximum atomic E-state index is 14.0. The molecular formula is C31H45N3O4S. The molecule has 2 amide bonds. The molecule has 0 saturated heterocycles. The fraction of sp³-hybridized carbons (Fsp3) is 0.548. The second kappa shape index (κ2) is 13.0. The van der Waals surface area contributed by atoms with Crippen LogP contribution in [0.2, 0.25) is 0 Å². The van der Waals surface area contributed by atoms with E-state index in [2.05, 4.69) is 26.1 Å². The van der Waals surface area contributed by atoms with E-state index in [1.807, 2.05) is 50.2 Å². The molecule has 1 aliphatic carbocycles. The van der Waals surface area contributed by atoms with Crippen LogP contribution in [0.15, 0.2) is 48.5 Å². The molecule has 2 aromatic rings. The summed E-state index contributed by atoms with van der Waals surface area (Å²) in [6, 6.07) is 14.5. The molecule has 8 heteroatoms. The van der Waals surface area contributed by atoms with Crippen molar-refractivity contribution in [3.8, 4) is 0 Å². The van der Waals surface area contributed by atoms with Gasteiger partial charge in [-0.05, 0) is 60.4 Å². The number of nitrogens with zero attached hydrogens (tertiary/aromatic N) is 2. The zero-order valence-corrected chi connectivity index (χ0v) is 25.2. The molecule has 1 unspecified atom stereocenters. The number of anilines is 1. The summed E-state index contributed by atoms with van der Waals surface area (Å²) in [6.45, 7) is 9.98. The van der Waals surface area contributed by atoms with Gasteiger partial charge in [0.1, 0.15) is 12.6 Å². The molecule has 39 heavy (non-hydrogen) atoms. The van der Waals surface area contributed by atoms with E-state index < -0.39 is 22.0 Å². The van der Waals surface area contributed by atoms with E-state index in [4.69, 9.17) is 0 Å². The van der Waals surface area contributed by atoms with Crippen molar-refractivity contribution in [3.63, 3.8) is 0 Å². The largest absolute Gasteiger partial charge is 0.352 e. The van der Waals surface area contributed by atoms with Crippen molar-refractivity contribution in [3.05, 3.63) is 65.2 Å². The number of carbonyl (C=O) groups excluding carboxylic acids is 2. The van der Waals surface area contributed by atoms with Gasteiger partial charge in [0.25, 0.3) is 0 Å². The van der Waals surface area contributed by atoms with Gasteiger partial charge in [-0.1, -0.05) is 83.4 Å². The van der Waals surface area contributed by atoms with Gasteiger partial charge in [-0.15, -0.1) is 0 Å². The summed E-state index contributed by atoms with van der Waals surface area (Å²) in [7, 11) is -3.77. The Morgan fingerprint density at radius 1 is 1.00 bits per heavy atom. The van der Waals surface area contributed by atoms with Crippen LogP contribution in [0.3, 0.4) is 0 Å². The number of amides is 2. The van der Waals surface area contributed by atoms with Gasteiger partial charge in [-0.3, -0.25) is 13.9 Å². The second-order valence-electron chi connectivity index (χ2n) is 11.8. The highest BCUT2D eigenvalue weighted by atomic mass is 32.2. The monoisotopic (exact) mass is 555 g/mol. The molecule has 0 aliphatic heterocycles. The van der Waals surface area contributed by atoms with E-state index >= 15 is 0 Å². The van der Waals surface area contributed by atoms with Crippen molar-refractivity contribution in [1.82, 2.24) is 10.2 Å². The topological polar surface area (TPSA) is 86.8 Å². The summed E-state index contributed by atoms with van der Waals surface area (Å²) < 4.78 is 26.9. The number of aryl methyl sites for hydroxylation is 1. The van der Waals surface area contributed by atoms with Gasteiger partial charge in [0, 0.05) is 12.6 Å². The van der Waals surface area contributed by atoms with Gasteiger partial charge in [0.2, 0.25) is 21.8 Å². The average Bonchev–Trinajstić information content (AvgIpc) is 2.87. The Bertz CT molecular complexity index is 1230. The van der Waals surface area contributed by atoms with Gasteiger partial charge < -0.3 is 10.2 Å². The van der Waals surface area contributed by atoms with Crippen LogP contribution in [0, 0.1) is 6.92 Å². The number of hydrogen-bond donors (Lipinski definition) is 1. The van der Waals surface area contributed by atoms with Gasteiger partial charge in [-0.2, -0.15) is 0 Å². The third-order valence-electron chi connectivity index (χ3n) is 7.64. The first kappa shape index (κ1) is 30.7. The second-order valence-corrected chi connectivity index (χ2v) is 13.7. The van der Waals surface area contributed by atoms with Crippen molar-refractivity contribution in [2.45, 2.75) is 97.2 Å². The Labute approximate surface area is 235 Å². The van der Waals surface area contributed by atoms with Crippen LogP contribution < -0.4 is 9.62 Å². The van der Waals surface area contributed by atoms with E-state index in [0.29, 0.717) is 12.1 Å². The van der Waals surface area contributed by atoms with Crippen LogP contribution in [-0.2, 0) is 31.6 Å². The molecule has 0 aromatic heterocycles. The predicted molar refractivity (Wildman–Crippen MR) is 158 cm³/mol. The van der Waals surface area contributed by atoms with E-state index in [1.54, 1.807) is 17.0 Å². The molecule has 0 bridgehead atoms. The molecule has 1 fully saturated rings. The third kappa shape index (κ3) is 8.31. The first-order chi connectivity index (χ1) is 18.3. The van der Waals surface area contributed by atoms with Crippen LogP contribution >= 0.6 is 0 Å². The van der Waals surface area contributed by atoms with Crippen LogP contribution in [0.25, 0.3) is 0 Å². The molecule has 1 atom stereocenters. The molecule has 214 valence electrons. The van der Waals surface area contributed by atoms with Crippen LogP contribution in [0.1, 0.15) is 82.9 Å². The number of hydrogen-bond acceptors (Lipinski definition) is 4. The molecule has 0 heterocycles. The standard InChI is InChI=1S/C31H45N3O4S/c1-7-28(30(36)32-26-15-9-8-10-16-26)33(21-24-14-12-11-13-23(24)2)29(35)22-34(39(6,37)38)27-19-17-25(18-20-27)31(3,4)5/h11-14,17-20,26,28H,7-10,15-16,21-22H2,1-6H3,(H,32,36). The average molecular weight is 556 g/mol. The Morgan fingerprint density at radius 2 is 1.62 bits per heavy atom. The van der Waals surface area contributed by atoms with E-state index in [-0.39, 0.29) is 30.5 Å². The number of sulfonamides is 1. The first-order valence-electron chi connectivity index (χ1n) is 14.0. The highest BCUT2D eigenvalue weighted by molar-refractivity contribution is 7.92. The minimum atomic E-state index is -3.77. The summed E-state index contributed by atoms with van der Waals surface area (Å²) >= 11 is 0. The van der Waals surface area contributed by atoms with Crippen molar-refractivity contribution in [2.75, 3.05) is 17.1 Å². The van der Waals surface area contributed by atoms with Crippen LogP contribution in [-0.4, -0.2) is 50.0 Å². The summed E-state index contributed by atoms with van der Waals surface area (Å²) in [6.07, 6.45) is 6.78.